The van der Waals surface area contributed by atoms with Crippen molar-refractivity contribution in [2.24, 2.45) is 7.05 Å². The van der Waals surface area contributed by atoms with Crippen LogP contribution >= 0.6 is 0 Å². The molecular formula is C20H19F3N4O4. The molecule has 1 aromatic carbocycles. The van der Waals surface area contributed by atoms with Crippen LogP contribution in [0.2, 0.25) is 0 Å². The second-order valence-corrected chi connectivity index (χ2v) is 6.55. The smallest absolute Gasteiger partial charge is 0.417 e. The molecule has 2 aromatic heterocycles. The number of aromatic nitrogens is 3. The Balaban J connectivity index is 1.71. The van der Waals surface area contributed by atoms with Crippen LogP contribution in [0.4, 0.5) is 18.9 Å². The van der Waals surface area contributed by atoms with Gasteiger partial charge in [-0.05, 0) is 38.1 Å². The molecule has 0 saturated carbocycles. The number of carbonyl (C=O) groups is 2. The molecule has 0 spiro atoms. The number of fused-ring (bicyclic) bond motifs is 1. The lowest BCUT2D eigenvalue weighted by Crippen LogP contribution is -2.21. The zero-order chi connectivity index (χ0) is 22.8. The monoisotopic (exact) mass is 436 g/mol. The Morgan fingerprint density at radius 3 is 2.48 bits per heavy atom. The third kappa shape index (κ3) is 4.93. The van der Waals surface area contributed by atoms with Crippen LogP contribution in [-0.2, 0) is 22.8 Å². The largest absolute Gasteiger partial charge is 0.467 e. The topological polar surface area (TPSA) is 95.3 Å². The average Bonchev–Trinajstić information content (AvgIpc) is 2.99. The van der Waals surface area contributed by atoms with Crippen molar-refractivity contribution >= 4 is 28.6 Å². The van der Waals surface area contributed by atoms with Crippen molar-refractivity contribution in [3.63, 3.8) is 0 Å². The molecule has 0 radical (unpaired) electrons. The first-order valence-corrected chi connectivity index (χ1v) is 9.21. The molecule has 0 fully saturated rings. The predicted molar refractivity (Wildman–Crippen MR) is 105 cm³/mol. The number of hydrogen-bond acceptors (Lipinski definition) is 6. The van der Waals surface area contributed by atoms with Gasteiger partial charge in [-0.1, -0.05) is 0 Å². The summed E-state index contributed by atoms with van der Waals surface area (Å²) in [4.78, 5) is 27.8. The van der Waals surface area contributed by atoms with E-state index in [4.69, 9.17) is 9.47 Å². The minimum absolute atomic E-state index is 0.00251. The number of nitrogens with zero attached hydrogens (tertiary/aromatic N) is 3. The molecule has 3 rings (SSSR count). The molecule has 3 aromatic rings. The van der Waals surface area contributed by atoms with Crippen molar-refractivity contribution in [2.75, 3.05) is 18.5 Å². The number of hydrogen-bond donors (Lipinski definition) is 1. The summed E-state index contributed by atoms with van der Waals surface area (Å²) in [7, 11) is 1.47. The number of ether oxygens (including phenoxy) is 2. The maximum absolute atomic E-state index is 13.5. The van der Waals surface area contributed by atoms with Crippen LogP contribution in [0.15, 0.2) is 30.3 Å². The molecule has 0 aliphatic carbocycles. The molecular weight excluding hydrogens is 417 g/mol. The number of alkyl halides is 3. The first kappa shape index (κ1) is 22.1. The van der Waals surface area contributed by atoms with E-state index in [0.717, 1.165) is 6.07 Å². The Morgan fingerprint density at radius 2 is 1.87 bits per heavy atom. The highest BCUT2D eigenvalue weighted by Crippen LogP contribution is 2.37. The van der Waals surface area contributed by atoms with Gasteiger partial charge in [0.1, 0.15) is 0 Å². The highest BCUT2D eigenvalue weighted by Gasteiger charge is 2.35. The lowest BCUT2D eigenvalue weighted by molar-refractivity contribution is -0.136. The Labute approximate surface area is 175 Å². The first-order chi connectivity index (χ1) is 14.6. The fourth-order valence-electron chi connectivity index (χ4n) is 2.96. The second kappa shape index (κ2) is 8.62. The molecule has 11 heteroatoms. The van der Waals surface area contributed by atoms with Gasteiger partial charge in [0, 0.05) is 18.8 Å². The van der Waals surface area contributed by atoms with Crippen molar-refractivity contribution in [3.05, 3.63) is 47.2 Å². The van der Waals surface area contributed by atoms with Gasteiger partial charge in [0.2, 0.25) is 5.88 Å². The lowest BCUT2D eigenvalue weighted by atomic mass is 10.1. The number of nitrogens with one attached hydrogen (secondary N) is 1. The number of carbonyl (C=O) groups excluding carboxylic acids is 2. The average molecular weight is 436 g/mol. The molecule has 1 amide bonds. The molecule has 1 N–H and O–H groups in total. The van der Waals surface area contributed by atoms with E-state index in [2.05, 4.69) is 15.4 Å². The summed E-state index contributed by atoms with van der Waals surface area (Å²) >= 11 is 0. The minimum atomic E-state index is -4.64. The molecule has 8 nitrogen and oxygen atoms in total. The Hall–Kier alpha value is -3.63. The van der Waals surface area contributed by atoms with Crippen molar-refractivity contribution in [1.82, 2.24) is 14.8 Å². The zero-order valence-corrected chi connectivity index (χ0v) is 16.9. The first-order valence-electron chi connectivity index (χ1n) is 9.21. The van der Waals surface area contributed by atoms with Crippen LogP contribution in [0.5, 0.6) is 5.88 Å². The number of halogens is 3. The third-order valence-corrected chi connectivity index (χ3v) is 4.28. The summed E-state index contributed by atoms with van der Waals surface area (Å²) in [6.07, 6.45) is -4.64. The highest BCUT2D eigenvalue weighted by atomic mass is 19.4. The van der Waals surface area contributed by atoms with E-state index in [1.807, 2.05) is 0 Å². The number of benzene rings is 1. The number of rotatable bonds is 6. The SMILES string of the molecule is CCOC(=O)c1ccc(NC(=O)COc2cc(C(F)(F)F)c3c(C)nn(C)c3n2)cc1. The Bertz CT molecular complexity index is 1120. The summed E-state index contributed by atoms with van der Waals surface area (Å²) in [6.45, 7) is 2.82. The fraction of sp³-hybridized carbons (Fsp3) is 0.300. The van der Waals surface area contributed by atoms with Crippen LogP contribution in [-0.4, -0.2) is 39.9 Å². The summed E-state index contributed by atoms with van der Waals surface area (Å²) in [6, 6.07) is 6.69. The van der Waals surface area contributed by atoms with Crippen LogP contribution in [0, 0.1) is 6.92 Å². The minimum Gasteiger partial charge on any atom is -0.467 e. The van der Waals surface area contributed by atoms with E-state index in [1.54, 1.807) is 6.92 Å². The molecule has 0 aliphatic heterocycles. The summed E-state index contributed by atoms with van der Waals surface area (Å²) in [5.74, 6) is -1.45. The van der Waals surface area contributed by atoms with Crippen LogP contribution in [0.25, 0.3) is 11.0 Å². The molecule has 31 heavy (non-hydrogen) atoms. The van der Waals surface area contributed by atoms with E-state index in [-0.39, 0.29) is 29.2 Å². The molecule has 0 unspecified atom stereocenters. The van der Waals surface area contributed by atoms with Crippen LogP contribution in [0.3, 0.4) is 0 Å². The fourth-order valence-corrected chi connectivity index (χ4v) is 2.96. The molecule has 2 heterocycles. The predicted octanol–water partition coefficient (Wildman–Crippen LogP) is 3.49. The van der Waals surface area contributed by atoms with Gasteiger partial charge < -0.3 is 14.8 Å². The molecule has 0 aliphatic rings. The van der Waals surface area contributed by atoms with Crippen molar-refractivity contribution < 1.29 is 32.2 Å². The highest BCUT2D eigenvalue weighted by molar-refractivity contribution is 5.93. The van der Waals surface area contributed by atoms with Crippen LogP contribution < -0.4 is 10.1 Å². The van der Waals surface area contributed by atoms with Gasteiger partial charge >= 0.3 is 12.1 Å². The number of amides is 1. The molecule has 0 atom stereocenters. The van der Waals surface area contributed by atoms with Crippen molar-refractivity contribution in [3.8, 4) is 5.88 Å². The lowest BCUT2D eigenvalue weighted by Gasteiger charge is -2.12. The standard InChI is InChI=1S/C20H19F3N4O4/c1-4-30-19(29)12-5-7-13(8-6-12)24-15(28)10-31-16-9-14(20(21,22)23)17-11(2)26-27(3)18(17)25-16/h5-9H,4,10H2,1-3H3,(H,24,28). The normalized spacial score (nSPS) is 11.4. The third-order valence-electron chi connectivity index (χ3n) is 4.28. The van der Waals surface area contributed by atoms with Crippen molar-refractivity contribution in [2.45, 2.75) is 20.0 Å². The Kier molecular flexibility index (Phi) is 6.14. The number of anilines is 1. The molecule has 164 valence electrons. The van der Waals surface area contributed by atoms with E-state index < -0.39 is 30.2 Å². The van der Waals surface area contributed by atoms with E-state index in [9.17, 15) is 22.8 Å². The summed E-state index contributed by atoms with van der Waals surface area (Å²) in [5, 5.41) is 6.38. The van der Waals surface area contributed by atoms with Crippen LogP contribution in [0.1, 0.15) is 28.5 Å². The summed E-state index contributed by atoms with van der Waals surface area (Å²) in [5.41, 5.74) is -0.0544. The van der Waals surface area contributed by atoms with Gasteiger partial charge in [0.05, 0.1) is 28.8 Å². The van der Waals surface area contributed by atoms with Gasteiger partial charge in [-0.3, -0.25) is 9.48 Å². The quantitative estimate of drug-likeness (QED) is 0.595. The van der Waals surface area contributed by atoms with Gasteiger partial charge in [-0.15, -0.1) is 0 Å². The van der Waals surface area contributed by atoms with Gasteiger partial charge in [0.25, 0.3) is 5.91 Å². The number of aryl methyl sites for hydroxylation is 2. The van der Waals surface area contributed by atoms with Gasteiger partial charge in [-0.25, -0.2) is 4.79 Å². The zero-order valence-electron chi connectivity index (χ0n) is 16.9. The van der Waals surface area contributed by atoms with Crippen molar-refractivity contribution in [1.29, 1.82) is 0 Å². The van der Waals surface area contributed by atoms with E-state index >= 15 is 0 Å². The Morgan fingerprint density at radius 1 is 1.19 bits per heavy atom. The van der Waals surface area contributed by atoms with E-state index in [1.165, 1.54) is 42.9 Å². The molecule has 0 saturated heterocycles. The molecule has 0 bridgehead atoms. The number of pyridine rings is 1. The van der Waals surface area contributed by atoms with Gasteiger partial charge in [0.15, 0.2) is 12.3 Å². The maximum Gasteiger partial charge on any atom is 0.417 e. The van der Waals surface area contributed by atoms with Gasteiger partial charge in [-0.2, -0.15) is 23.3 Å². The second-order valence-electron chi connectivity index (χ2n) is 6.55. The van der Waals surface area contributed by atoms with E-state index in [0.29, 0.717) is 11.3 Å². The number of esters is 1. The summed E-state index contributed by atoms with van der Waals surface area (Å²) < 4.78 is 51.7. The maximum atomic E-state index is 13.5.